The third-order valence-corrected chi connectivity index (χ3v) is 6.80. The van der Waals surface area contributed by atoms with Crippen LogP contribution in [0.15, 0.2) is 18.2 Å². The standard InChI is InChI=1S/C18H26OS/c1-12-7-8-14-15(11-12)19-18(20-16(3,4)5)13(2)9-10-17(14,18)6/h7-8,11,13H,9-10H2,1-6H3/t13-,17-,18+/m1/s1. The largest absolute Gasteiger partial charge is 0.475 e. The first kappa shape index (κ1) is 14.3. The Kier molecular flexibility index (Phi) is 3.00. The van der Waals surface area contributed by atoms with Crippen molar-refractivity contribution in [2.24, 2.45) is 5.92 Å². The number of aryl methyl sites for hydroxylation is 1. The van der Waals surface area contributed by atoms with Gasteiger partial charge in [-0.2, -0.15) is 0 Å². The molecule has 0 spiro atoms. The molecule has 0 amide bonds. The summed E-state index contributed by atoms with van der Waals surface area (Å²) in [6.45, 7) is 13.8. The average molecular weight is 290 g/mol. The van der Waals surface area contributed by atoms with E-state index in [4.69, 9.17) is 4.74 Å². The van der Waals surface area contributed by atoms with Gasteiger partial charge in [-0.15, -0.1) is 11.8 Å². The van der Waals surface area contributed by atoms with Crippen molar-refractivity contribution in [2.45, 2.75) is 69.5 Å². The van der Waals surface area contributed by atoms with Gasteiger partial charge in [-0.05, 0) is 31.4 Å². The number of fused-ring (bicyclic) bond motifs is 3. The summed E-state index contributed by atoms with van der Waals surface area (Å²) < 4.78 is 6.86. The molecule has 0 N–H and O–H groups in total. The Balaban J connectivity index is 2.13. The summed E-state index contributed by atoms with van der Waals surface area (Å²) in [6.07, 6.45) is 2.49. The van der Waals surface area contributed by atoms with Gasteiger partial charge < -0.3 is 4.74 Å². The van der Waals surface area contributed by atoms with E-state index in [-0.39, 0.29) is 15.1 Å². The Labute approximate surface area is 127 Å². The van der Waals surface area contributed by atoms with Crippen molar-refractivity contribution in [3.63, 3.8) is 0 Å². The molecular formula is C18H26OS. The zero-order valence-electron chi connectivity index (χ0n) is 13.5. The molecule has 20 heavy (non-hydrogen) atoms. The predicted octanol–water partition coefficient (Wildman–Crippen LogP) is 5.30. The van der Waals surface area contributed by atoms with E-state index < -0.39 is 0 Å². The summed E-state index contributed by atoms with van der Waals surface area (Å²) in [6, 6.07) is 6.75. The van der Waals surface area contributed by atoms with Crippen LogP contribution in [-0.4, -0.2) is 9.68 Å². The van der Waals surface area contributed by atoms with Crippen LogP contribution in [0, 0.1) is 12.8 Å². The number of hydrogen-bond acceptors (Lipinski definition) is 2. The summed E-state index contributed by atoms with van der Waals surface area (Å²) in [5, 5.41) is 0. The maximum Gasteiger partial charge on any atom is 0.167 e. The summed E-state index contributed by atoms with van der Waals surface area (Å²) in [5.41, 5.74) is 2.85. The van der Waals surface area contributed by atoms with Crippen LogP contribution in [0.5, 0.6) is 5.75 Å². The fraction of sp³-hybridized carbons (Fsp3) is 0.667. The van der Waals surface area contributed by atoms with Crippen molar-refractivity contribution >= 4 is 11.8 Å². The van der Waals surface area contributed by atoms with E-state index in [1.807, 2.05) is 11.8 Å². The highest BCUT2D eigenvalue weighted by Gasteiger charge is 2.65. The molecule has 110 valence electrons. The molecule has 1 fully saturated rings. The lowest BCUT2D eigenvalue weighted by molar-refractivity contribution is 0.106. The van der Waals surface area contributed by atoms with Gasteiger partial charge in [-0.3, -0.25) is 0 Å². The first-order valence-electron chi connectivity index (χ1n) is 7.68. The van der Waals surface area contributed by atoms with Gasteiger partial charge in [0.1, 0.15) is 5.75 Å². The van der Waals surface area contributed by atoms with Crippen LogP contribution in [0.25, 0.3) is 0 Å². The van der Waals surface area contributed by atoms with Crippen LogP contribution < -0.4 is 4.74 Å². The second kappa shape index (κ2) is 4.19. The van der Waals surface area contributed by atoms with E-state index in [1.165, 1.54) is 24.0 Å². The number of hydrogen-bond donors (Lipinski definition) is 0. The Morgan fingerprint density at radius 2 is 2.00 bits per heavy atom. The molecule has 1 heterocycles. The van der Waals surface area contributed by atoms with Gasteiger partial charge >= 0.3 is 0 Å². The van der Waals surface area contributed by atoms with Gasteiger partial charge in [0.2, 0.25) is 0 Å². The van der Waals surface area contributed by atoms with E-state index in [0.717, 1.165) is 5.75 Å². The highest BCUT2D eigenvalue weighted by Crippen LogP contribution is 2.66. The van der Waals surface area contributed by atoms with E-state index in [0.29, 0.717) is 5.92 Å². The van der Waals surface area contributed by atoms with Gasteiger partial charge in [0, 0.05) is 21.6 Å². The summed E-state index contributed by atoms with van der Waals surface area (Å²) in [4.78, 5) is -0.0959. The van der Waals surface area contributed by atoms with Crippen molar-refractivity contribution in [1.29, 1.82) is 0 Å². The minimum Gasteiger partial charge on any atom is -0.475 e. The monoisotopic (exact) mass is 290 g/mol. The first-order chi connectivity index (χ1) is 9.18. The first-order valence-corrected chi connectivity index (χ1v) is 8.50. The van der Waals surface area contributed by atoms with Gasteiger partial charge in [-0.25, -0.2) is 0 Å². The third kappa shape index (κ3) is 1.83. The molecule has 2 heteroatoms. The van der Waals surface area contributed by atoms with Gasteiger partial charge in [0.25, 0.3) is 0 Å². The second-order valence-corrected chi connectivity index (χ2v) is 9.79. The summed E-state index contributed by atoms with van der Waals surface area (Å²) >= 11 is 2.03. The Morgan fingerprint density at radius 1 is 1.30 bits per heavy atom. The average Bonchev–Trinajstić information content (AvgIpc) is 2.67. The molecule has 0 radical (unpaired) electrons. The van der Waals surface area contributed by atoms with Crippen LogP contribution in [-0.2, 0) is 5.41 Å². The molecule has 3 atom stereocenters. The van der Waals surface area contributed by atoms with Crippen LogP contribution in [0.4, 0.5) is 0 Å². The predicted molar refractivity (Wildman–Crippen MR) is 87.6 cm³/mol. The van der Waals surface area contributed by atoms with Crippen molar-refractivity contribution in [2.75, 3.05) is 0 Å². The van der Waals surface area contributed by atoms with Crippen LogP contribution in [0.1, 0.15) is 58.6 Å². The molecule has 0 bridgehead atoms. The van der Waals surface area contributed by atoms with Gasteiger partial charge in [0.15, 0.2) is 4.93 Å². The normalized spacial score (nSPS) is 35.6. The molecule has 1 aromatic rings. The summed E-state index contributed by atoms with van der Waals surface area (Å²) in [7, 11) is 0. The maximum atomic E-state index is 6.65. The minimum atomic E-state index is -0.0959. The molecule has 0 saturated heterocycles. The number of rotatable bonds is 1. The highest BCUT2D eigenvalue weighted by molar-refractivity contribution is 8.01. The number of ether oxygens (including phenoxy) is 1. The molecule has 0 aromatic heterocycles. The molecule has 0 unspecified atom stereocenters. The smallest absolute Gasteiger partial charge is 0.167 e. The van der Waals surface area contributed by atoms with Crippen molar-refractivity contribution in [3.05, 3.63) is 29.3 Å². The van der Waals surface area contributed by atoms with Gasteiger partial charge in [0.05, 0.1) is 0 Å². The van der Waals surface area contributed by atoms with E-state index in [9.17, 15) is 0 Å². The molecule has 1 nitrogen and oxygen atoms in total. The van der Waals surface area contributed by atoms with Crippen molar-refractivity contribution < 1.29 is 4.74 Å². The SMILES string of the molecule is Cc1ccc2c(c1)O[C@]1(SC(C)(C)C)[C@H](C)CC[C@]21C. The van der Waals surface area contributed by atoms with E-state index >= 15 is 0 Å². The van der Waals surface area contributed by atoms with E-state index in [1.54, 1.807) is 0 Å². The number of thioether (sulfide) groups is 1. The zero-order chi connectivity index (χ0) is 14.8. The summed E-state index contributed by atoms with van der Waals surface area (Å²) in [5.74, 6) is 1.71. The zero-order valence-corrected chi connectivity index (χ0v) is 14.4. The van der Waals surface area contributed by atoms with Gasteiger partial charge in [-0.1, -0.05) is 46.8 Å². The molecule has 1 aliphatic heterocycles. The van der Waals surface area contributed by atoms with E-state index in [2.05, 4.69) is 59.7 Å². The third-order valence-electron chi connectivity index (χ3n) is 4.95. The second-order valence-electron chi connectivity index (χ2n) is 7.76. The quantitative estimate of drug-likeness (QED) is 0.694. The fourth-order valence-corrected chi connectivity index (χ4v) is 5.77. The maximum absolute atomic E-state index is 6.65. The minimum absolute atomic E-state index is 0.0959. The molecule has 1 aliphatic carbocycles. The van der Waals surface area contributed by atoms with Crippen LogP contribution >= 0.6 is 11.8 Å². The lowest BCUT2D eigenvalue weighted by Gasteiger charge is -2.43. The van der Waals surface area contributed by atoms with Crippen LogP contribution in [0.3, 0.4) is 0 Å². The molecule has 3 rings (SSSR count). The molecular weight excluding hydrogens is 264 g/mol. The Morgan fingerprint density at radius 3 is 2.65 bits per heavy atom. The lowest BCUT2D eigenvalue weighted by Crippen LogP contribution is -2.48. The lowest BCUT2D eigenvalue weighted by atomic mass is 9.79. The Hall–Kier alpha value is -0.630. The van der Waals surface area contributed by atoms with Crippen molar-refractivity contribution in [1.82, 2.24) is 0 Å². The molecule has 1 saturated carbocycles. The van der Waals surface area contributed by atoms with Crippen molar-refractivity contribution in [3.8, 4) is 5.75 Å². The highest BCUT2D eigenvalue weighted by atomic mass is 32.2. The molecule has 2 aliphatic rings. The molecule has 1 aromatic carbocycles. The fourth-order valence-electron chi connectivity index (χ4n) is 3.97. The number of benzene rings is 1. The topological polar surface area (TPSA) is 9.23 Å². The van der Waals surface area contributed by atoms with Crippen LogP contribution in [0.2, 0.25) is 0 Å². The Bertz CT molecular complexity index is 545.